The maximum atomic E-state index is 4.07. The van der Waals surface area contributed by atoms with Gasteiger partial charge < -0.3 is 4.57 Å². The summed E-state index contributed by atoms with van der Waals surface area (Å²) < 4.78 is 3.14. The van der Waals surface area contributed by atoms with E-state index in [2.05, 4.69) is 33.1 Å². The fraction of sp³-hybridized carbons (Fsp3) is 0.250. The van der Waals surface area contributed by atoms with Crippen LogP contribution in [-0.2, 0) is 6.54 Å². The smallest absolute Gasteiger partial charge is 0.173 e. The van der Waals surface area contributed by atoms with Gasteiger partial charge in [-0.15, -0.1) is 21.5 Å². The van der Waals surface area contributed by atoms with Gasteiger partial charge in [0.15, 0.2) is 5.82 Å². The molecule has 0 aliphatic carbocycles. The number of hydrogen-bond donors (Lipinski definition) is 0. The molecule has 2 rings (SSSR count). The van der Waals surface area contributed by atoms with Crippen LogP contribution in [0.2, 0.25) is 0 Å². The second-order valence-electron chi connectivity index (χ2n) is 2.54. The molecule has 0 N–H and O–H groups in total. The van der Waals surface area contributed by atoms with Gasteiger partial charge in [-0.25, -0.2) is 0 Å². The van der Waals surface area contributed by atoms with Crippen molar-refractivity contribution in [3.63, 3.8) is 0 Å². The highest BCUT2D eigenvalue weighted by molar-refractivity contribution is 9.11. The average Bonchev–Trinajstić information content (AvgIpc) is 2.71. The van der Waals surface area contributed by atoms with Gasteiger partial charge in [0.05, 0.1) is 8.66 Å². The summed E-state index contributed by atoms with van der Waals surface area (Å²) in [7, 11) is 0. The molecule has 13 heavy (non-hydrogen) atoms. The number of aryl methyl sites for hydroxylation is 1. The summed E-state index contributed by atoms with van der Waals surface area (Å²) in [5, 5.41) is 7.96. The Morgan fingerprint density at radius 2 is 2.38 bits per heavy atom. The number of thiophene rings is 1. The molecule has 0 saturated carbocycles. The van der Waals surface area contributed by atoms with Gasteiger partial charge in [-0.05, 0) is 35.0 Å². The van der Waals surface area contributed by atoms with Gasteiger partial charge in [-0.3, -0.25) is 0 Å². The fourth-order valence-corrected chi connectivity index (χ4v) is 2.50. The van der Waals surface area contributed by atoms with Crippen molar-refractivity contribution in [2.45, 2.75) is 13.5 Å². The van der Waals surface area contributed by atoms with E-state index in [-0.39, 0.29) is 0 Å². The highest BCUT2D eigenvalue weighted by Crippen LogP contribution is 2.29. The number of hydrogen-bond acceptors (Lipinski definition) is 3. The molecular weight excluding hydrogens is 250 g/mol. The summed E-state index contributed by atoms with van der Waals surface area (Å²) in [6.07, 6.45) is 1.75. The lowest BCUT2D eigenvalue weighted by atomic mass is 10.4. The first-order valence-corrected chi connectivity index (χ1v) is 5.55. The lowest BCUT2D eigenvalue weighted by Crippen LogP contribution is -1.93. The third kappa shape index (κ3) is 1.66. The van der Waals surface area contributed by atoms with Crippen LogP contribution < -0.4 is 0 Å². The first-order valence-electron chi connectivity index (χ1n) is 3.94. The summed E-state index contributed by atoms with van der Waals surface area (Å²) in [6.45, 7) is 2.98. The third-order valence-corrected chi connectivity index (χ3v) is 3.37. The number of rotatable bonds is 2. The van der Waals surface area contributed by atoms with Crippen LogP contribution in [0.1, 0.15) is 6.92 Å². The van der Waals surface area contributed by atoms with Crippen LogP contribution in [0.25, 0.3) is 10.7 Å². The number of halogens is 1. The van der Waals surface area contributed by atoms with E-state index < -0.39 is 0 Å². The molecule has 0 radical (unpaired) electrons. The summed E-state index contributed by atoms with van der Waals surface area (Å²) in [4.78, 5) is 1.14. The molecule has 3 nitrogen and oxygen atoms in total. The van der Waals surface area contributed by atoms with Gasteiger partial charge in [0.2, 0.25) is 0 Å². The molecule has 68 valence electrons. The Labute approximate surface area is 88.6 Å². The first kappa shape index (κ1) is 8.90. The Balaban J connectivity index is 2.45. The van der Waals surface area contributed by atoms with Crippen LogP contribution in [0.15, 0.2) is 22.2 Å². The number of aromatic nitrogens is 3. The van der Waals surface area contributed by atoms with Gasteiger partial charge in [0.1, 0.15) is 6.33 Å². The second-order valence-corrected chi connectivity index (χ2v) is 5.01. The van der Waals surface area contributed by atoms with Gasteiger partial charge in [-0.1, -0.05) is 0 Å². The largest absolute Gasteiger partial charge is 0.313 e. The van der Waals surface area contributed by atoms with Crippen LogP contribution in [0.3, 0.4) is 0 Å². The maximum Gasteiger partial charge on any atom is 0.173 e. The summed E-state index contributed by atoms with van der Waals surface area (Å²) in [6, 6.07) is 4.07. The van der Waals surface area contributed by atoms with E-state index in [9.17, 15) is 0 Å². The predicted molar refractivity (Wildman–Crippen MR) is 56.7 cm³/mol. The van der Waals surface area contributed by atoms with E-state index in [4.69, 9.17) is 0 Å². The van der Waals surface area contributed by atoms with Crippen molar-refractivity contribution in [1.29, 1.82) is 0 Å². The SMILES string of the molecule is CCn1cnnc1-c1ccc(Br)s1. The van der Waals surface area contributed by atoms with Gasteiger partial charge >= 0.3 is 0 Å². The first-order chi connectivity index (χ1) is 6.31. The normalized spacial score (nSPS) is 10.6. The number of nitrogens with zero attached hydrogens (tertiary/aromatic N) is 3. The van der Waals surface area contributed by atoms with Crippen molar-refractivity contribution in [3.05, 3.63) is 22.2 Å². The van der Waals surface area contributed by atoms with E-state index >= 15 is 0 Å². The summed E-state index contributed by atoms with van der Waals surface area (Å²) >= 11 is 5.09. The zero-order chi connectivity index (χ0) is 9.26. The van der Waals surface area contributed by atoms with Crippen molar-refractivity contribution in [1.82, 2.24) is 14.8 Å². The molecule has 0 unspecified atom stereocenters. The quantitative estimate of drug-likeness (QED) is 0.829. The molecule has 0 aliphatic heterocycles. The molecule has 0 spiro atoms. The van der Waals surface area contributed by atoms with Crippen LogP contribution in [0, 0.1) is 0 Å². The Hall–Kier alpha value is -0.680. The monoisotopic (exact) mass is 257 g/mol. The molecule has 0 fully saturated rings. The van der Waals surface area contributed by atoms with Gasteiger partial charge in [0.25, 0.3) is 0 Å². The van der Waals surface area contributed by atoms with Crippen LogP contribution in [0.5, 0.6) is 0 Å². The van der Waals surface area contributed by atoms with Crippen molar-refractivity contribution < 1.29 is 0 Å². The Kier molecular flexibility index (Phi) is 2.46. The van der Waals surface area contributed by atoms with E-state index in [1.807, 2.05) is 16.7 Å². The topological polar surface area (TPSA) is 30.7 Å². The lowest BCUT2D eigenvalue weighted by Gasteiger charge is -1.98. The van der Waals surface area contributed by atoms with E-state index in [1.165, 1.54) is 0 Å². The van der Waals surface area contributed by atoms with Crippen molar-refractivity contribution in [2.75, 3.05) is 0 Å². The van der Waals surface area contributed by atoms with Gasteiger partial charge in [-0.2, -0.15) is 0 Å². The molecule has 2 aromatic heterocycles. The minimum atomic E-state index is 0.901. The minimum Gasteiger partial charge on any atom is -0.313 e. The molecule has 0 aliphatic rings. The van der Waals surface area contributed by atoms with Gasteiger partial charge in [0, 0.05) is 6.54 Å². The molecule has 0 aromatic carbocycles. The van der Waals surface area contributed by atoms with Crippen molar-refractivity contribution in [2.24, 2.45) is 0 Å². The maximum absolute atomic E-state index is 4.07. The lowest BCUT2D eigenvalue weighted by molar-refractivity contribution is 0.768. The van der Waals surface area contributed by atoms with Crippen molar-refractivity contribution >= 4 is 27.3 Å². The van der Waals surface area contributed by atoms with E-state index in [0.29, 0.717) is 0 Å². The molecule has 2 heterocycles. The third-order valence-electron chi connectivity index (χ3n) is 1.75. The highest BCUT2D eigenvalue weighted by atomic mass is 79.9. The molecule has 0 amide bonds. The minimum absolute atomic E-state index is 0.901. The molecular formula is C8H8BrN3S. The second kappa shape index (κ2) is 3.59. The van der Waals surface area contributed by atoms with Crippen LogP contribution in [0.4, 0.5) is 0 Å². The molecule has 5 heteroatoms. The Morgan fingerprint density at radius 1 is 1.54 bits per heavy atom. The highest BCUT2D eigenvalue weighted by Gasteiger charge is 2.07. The molecule has 0 saturated heterocycles. The Bertz CT molecular complexity index is 407. The summed E-state index contributed by atoms with van der Waals surface area (Å²) in [5.74, 6) is 0.943. The zero-order valence-electron chi connectivity index (χ0n) is 7.07. The van der Waals surface area contributed by atoms with Crippen LogP contribution >= 0.6 is 27.3 Å². The van der Waals surface area contributed by atoms with Crippen LogP contribution in [-0.4, -0.2) is 14.8 Å². The Morgan fingerprint density at radius 3 is 3.00 bits per heavy atom. The molecule has 0 bridgehead atoms. The summed E-state index contributed by atoms with van der Waals surface area (Å²) in [5.41, 5.74) is 0. The molecule has 0 atom stereocenters. The van der Waals surface area contributed by atoms with E-state index in [0.717, 1.165) is 21.0 Å². The molecule has 2 aromatic rings. The zero-order valence-corrected chi connectivity index (χ0v) is 9.47. The standard InChI is InChI=1S/C8H8BrN3S/c1-2-12-5-10-11-8(12)6-3-4-7(9)13-6/h3-5H,2H2,1H3. The van der Waals surface area contributed by atoms with Crippen molar-refractivity contribution in [3.8, 4) is 10.7 Å². The van der Waals surface area contributed by atoms with E-state index in [1.54, 1.807) is 17.7 Å². The average molecular weight is 258 g/mol. The fourth-order valence-electron chi connectivity index (χ4n) is 1.11. The predicted octanol–water partition coefficient (Wildman–Crippen LogP) is 2.79.